The second-order valence-corrected chi connectivity index (χ2v) is 2.35. The number of pyridine rings is 1. The third-order valence-corrected chi connectivity index (χ3v) is 1.61. The molecule has 1 N–H and O–H groups in total. The minimum Gasteiger partial charge on any atom is -1.00 e. The van der Waals surface area contributed by atoms with E-state index in [-0.39, 0.29) is 43.4 Å². The Kier molecular flexibility index (Phi) is 5.14. The normalized spacial score (nSPS) is 8.62. The number of aromatic nitrogens is 1. The Labute approximate surface area is 101 Å². The maximum absolute atomic E-state index is 9.31. The van der Waals surface area contributed by atoms with E-state index in [0.29, 0.717) is 5.52 Å². The molecule has 1 heterocycles. The van der Waals surface area contributed by atoms with Gasteiger partial charge in [-0.2, -0.15) is 0 Å². The van der Waals surface area contributed by atoms with Crippen LogP contribution >= 0.6 is 0 Å². The van der Waals surface area contributed by atoms with Gasteiger partial charge in [-0.25, -0.2) is 0 Å². The summed E-state index contributed by atoms with van der Waals surface area (Å²) in [4.78, 5) is 4.03. The van der Waals surface area contributed by atoms with E-state index in [0.717, 1.165) is 5.39 Å². The number of phenols is 1. The van der Waals surface area contributed by atoms with Crippen molar-refractivity contribution < 1.29 is 25.4 Å². The van der Waals surface area contributed by atoms with E-state index in [1.807, 2.05) is 18.2 Å². The van der Waals surface area contributed by atoms with Crippen molar-refractivity contribution in [2.24, 2.45) is 0 Å². The van der Waals surface area contributed by atoms with Crippen molar-refractivity contribution in [3.05, 3.63) is 36.5 Å². The van der Waals surface area contributed by atoms with Gasteiger partial charge in [0.1, 0.15) is 11.3 Å². The predicted molar refractivity (Wildman–Crippen MR) is 50.3 cm³/mol. The molecule has 2 aromatic rings. The summed E-state index contributed by atoms with van der Waals surface area (Å²) < 4.78 is 0. The van der Waals surface area contributed by atoms with E-state index in [2.05, 4.69) is 4.98 Å². The summed E-state index contributed by atoms with van der Waals surface area (Å²) in [5, 5.41) is 10.3. The van der Waals surface area contributed by atoms with Gasteiger partial charge >= 0.3 is 18.9 Å². The van der Waals surface area contributed by atoms with Gasteiger partial charge in [-0.05, 0) is 12.1 Å². The second kappa shape index (κ2) is 5.32. The zero-order chi connectivity index (χ0) is 7.68. The average molecular weight is 180 g/mol. The Hall–Kier alpha value is -0.440. The molecule has 0 saturated carbocycles. The summed E-state index contributed by atoms with van der Waals surface area (Å²) in [6, 6.07) is 9.13. The number of benzene rings is 1. The topological polar surface area (TPSA) is 33.1 Å². The predicted octanol–water partition coefficient (Wildman–Crippen LogP) is -1.32. The second-order valence-electron chi connectivity index (χ2n) is 2.35. The Bertz CT molecular complexity index is 394. The molecule has 0 spiro atoms. The van der Waals surface area contributed by atoms with Crippen molar-refractivity contribution in [1.82, 2.24) is 4.98 Å². The number of phenolic OH excluding ortho intramolecular Hbond substituents is 1. The molecule has 2 nitrogen and oxygen atoms in total. The van der Waals surface area contributed by atoms with Crippen molar-refractivity contribution in [3.8, 4) is 5.75 Å². The zero-order valence-electron chi connectivity index (χ0n) is 8.44. The van der Waals surface area contributed by atoms with Crippen LogP contribution in [0.5, 0.6) is 5.75 Å². The minimum absolute atomic E-state index is 0. The Morgan fingerprint density at radius 1 is 1.15 bits per heavy atom. The third kappa shape index (κ3) is 2.50. The van der Waals surface area contributed by atoms with E-state index in [4.69, 9.17) is 0 Å². The Morgan fingerprint density at radius 2 is 1.85 bits per heavy atom. The van der Waals surface area contributed by atoms with Crippen LogP contribution < -0.4 is 18.9 Å². The molecule has 0 unspecified atom stereocenters. The van der Waals surface area contributed by atoms with Crippen molar-refractivity contribution in [2.75, 3.05) is 0 Å². The molecule has 59 valence electrons. The summed E-state index contributed by atoms with van der Waals surface area (Å²) in [5.41, 5.74) is 0.662. The van der Waals surface area contributed by atoms with Crippen LogP contribution in [0.1, 0.15) is 1.43 Å². The van der Waals surface area contributed by atoms with Crippen LogP contribution in [0.25, 0.3) is 10.9 Å². The number of nitrogens with zero attached hydrogens (tertiary/aromatic N) is 1. The Morgan fingerprint density at radius 3 is 2.54 bits per heavy atom. The number of hydrogen-bond acceptors (Lipinski definition) is 2. The van der Waals surface area contributed by atoms with Gasteiger partial charge in [0.25, 0.3) is 0 Å². The first kappa shape index (κ1) is 12.6. The molecule has 0 aliphatic carbocycles. The van der Waals surface area contributed by atoms with Crippen molar-refractivity contribution in [2.45, 2.75) is 0 Å². The summed E-state index contributed by atoms with van der Waals surface area (Å²) in [5.74, 6) is 0.239. The summed E-state index contributed by atoms with van der Waals surface area (Å²) >= 11 is 0. The standard InChI is InChI=1S/C9H7NO.Al.Li.H/c11-8-5-1-3-7-4-2-6-10-9(7)8;;;/h1-6,11H;;;/q;;+1;-1. The van der Waals surface area contributed by atoms with Crippen LogP contribution in [0.4, 0.5) is 0 Å². The molecule has 3 radical (unpaired) electrons. The third-order valence-electron chi connectivity index (χ3n) is 1.61. The van der Waals surface area contributed by atoms with Crippen LogP contribution in [0.2, 0.25) is 0 Å². The molecule has 0 fully saturated rings. The van der Waals surface area contributed by atoms with E-state index in [1.54, 1.807) is 18.3 Å². The zero-order valence-corrected chi connectivity index (χ0v) is 8.59. The SMILES string of the molecule is Oc1cccc2cccnc12.[Al].[H-].[Li+]. The van der Waals surface area contributed by atoms with E-state index in [9.17, 15) is 5.11 Å². The van der Waals surface area contributed by atoms with Gasteiger partial charge in [0.2, 0.25) is 0 Å². The maximum Gasteiger partial charge on any atom is 1.00 e. The van der Waals surface area contributed by atoms with Gasteiger partial charge < -0.3 is 6.53 Å². The van der Waals surface area contributed by atoms with Gasteiger partial charge in [0, 0.05) is 28.9 Å². The van der Waals surface area contributed by atoms with Crippen LogP contribution in [0.3, 0.4) is 0 Å². The van der Waals surface area contributed by atoms with Gasteiger partial charge in [-0.3, -0.25) is 4.98 Å². The first-order chi connectivity index (χ1) is 5.38. The van der Waals surface area contributed by atoms with Crippen LogP contribution in [0.15, 0.2) is 36.5 Å². The van der Waals surface area contributed by atoms with Crippen molar-refractivity contribution in [1.29, 1.82) is 0 Å². The molecule has 1 aromatic carbocycles. The summed E-state index contributed by atoms with van der Waals surface area (Å²) in [7, 11) is 0. The number of para-hydroxylation sites is 1. The van der Waals surface area contributed by atoms with Crippen molar-refractivity contribution in [3.63, 3.8) is 0 Å². The summed E-state index contributed by atoms with van der Waals surface area (Å²) in [6.07, 6.45) is 1.67. The molecule has 13 heavy (non-hydrogen) atoms. The first-order valence-electron chi connectivity index (χ1n) is 3.40. The number of aromatic hydroxyl groups is 1. The number of fused-ring (bicyclic) bond motifs is 1. The van der Waals surface area contributed by atoms with Gasteiger partial charge in [0.05, 0.1) is 0 Å². The number of hydrogen-bond donors (Lipinski definition) is 1. The average Bonchev–Trinajstić information content (AvgIpc) is 2.06. The molecular formula is C9H8AlLiNO. The van der Waals surface area contributed by atoms with Crippen molar-refractivity contribution >= 4 is 28.3 Å². The van der Waals surface area contributed by atoms with Gasteiger partial charge in [-0.15, -0.1) is 0 Å². The molecule has 0 saturated heterocycles. The molecule has 0 bridgehead atoms. The fraction of sp³-hybridized carbons (Fsp3) is 0. The molecule has 0 aliphatic rings. The van der Waals surface area contributed by atoms with Gasteiger partial charge in [-0.1, -0.05) is 18.2 Å². The first-order valence-corrected chi connectivity index (χ1v) is 3.40. The largest absolute Gasteiger partial charge is 1.00 e. The number of rotatable bonds is 0. The molecule has 0 aliphatic heterocycles. The smallest absolute Gasteiger partial charge is 1.00 e. The molecular weight excluding hydrogens is 172 g/mol. The molecule has 0 amide bonds. The van der Waals surface area contributed by atoms with E-state index in [1.165, 1.54) is 0 Å². The fourth-order valence-electron chi connectivity index (χ4n) is 1.09. The Balaban J connectivity index is 0. The van der Waals surface area contributed by atoms with Crippen LogP contribution in [-0.4, -0.2) is 27.5 Å². The van der Waals surface area contributed by atoms with E-state index < -0.39 is 0 Å². The molecule has 2 rings (SSSR count). The molecule has 4 heteroatoms. The van der Waals surface area contributed by atoms with E-state index >= 15 is 0 Å². The maximum atomic E-state index is 9.31. The quantitative estimate of drug-likeness (QED) is 0.510. The fourth-order valence-corrected chi connectivity index (χ4v) is 1.09. The van der Waals surface area contributed by atoms with Crippen LogP contribution in [0, 0.1) is 0 Å². The molecule has 1 aromatic heterocycles. The molecule has 0 atom stereocenters. The van der Waals surface area contributed by atoms with Gasteiger partial charge in [0.15, 0.2) is 0 Å². The van der Waals surface area contributed by atoms with Crippen LogP contribution in [-0.2, 0) is 0 Å². The monoisotopic (exact) mass is 180 g/mol. The minimum atomic E-state index is 0. The summed E-state index contributed by atoms with van der Waals surface area (Å²) in [6.45, 7) is 0.